The number of benzene rings is 1. The van der Waals surface area contributed by atoms with Gasteiger partial charge >= 0.3 is 0 Å². The number of hydrogen-bond acceptors (Lipinski definition) is 3. The summed E-state index contributed by atoms with van der Waals surface area (Å²) in [5.74, 6) is 0.0229. The lowest BCUT2D eigenvalue weighted by Gasteiger charge is -2.32. The number of pyridine rings is 1. The van der Waals surface area contributed by atoms with Crippen molar-refractivity contribution in [2.75, 3.05) is 19.6 Å². The number of carbonyl (C=O) groups is 1. The molecule has 2 fully saturated rings. The zero-order valence-electron chi connectivity index (χ0n) is 13.4. The van der Waals surface area contributed by atoms with Crippen molar-refractivity contribution < 1.29 is 4.79 Å². The van der Waals surface area contributed by atoms with Crippen LogP contribution < -0.4 is 5.32 Å². The first-order valence-corrected chi connectivity index (χ1v) is 8.65. The van der Waals surface area contributed by atoms with Crippen molar-refractivity contribution in [3.63, 3.8) is 0 Å². The monoisotopic (exact) mass is 309 g/mol. The van der Waals surface area contributed by atoms with Crippen LogP contribution in [0.1, 0.15) is 42.5 Å². The van der Waals surface area contributed by atoms with Crippen LogP contribution in [0.4, 0.5) is 0 Å². The first-order chi connectivity index (χ1) is 11.3. The van der Waals surface area contributed by atoms with Crippen LogP contribution in [0.2, 0.25) is 0 Å². The first-order valence-electron chi connectivity index (χ1n) is 8.65. The summed E-state index contributed by atoms with van der Waals surface area (Å²) in [6.45, 7) is 3.25. The number of amides is 1. The lowest BCUT2D eigenvalue weighted by molar-refractivity contribution is 0.0943. The van der Waals surface area contributed by atoms with Gasteiger partial charge in [0.25, 0.3) is 5.91 Å². The SMILES string of the molecule is O=C(NCCC12CCCN1CCC2)c1ccc2ncccc2c1. The summed E-state index contributed by atoms with van der Waals surface area (Å²) in [5.41, 5.74) is 2.02. The zero-order valence-corrected chi connectivity index (χ0v) is 13.4. The molecule has 4 rings (SSSR count). The highest BCUT2D eigenvalue weighted by Crippen LogP contribution is 2.40. The van der Waals surface area contributed by atoms with Crippen molar-refractivity contribution in [3.8, 4) is 0 Å². The summed E-state index contributed by atoms with van der Waals surface area (Å²) in [6.07, 6.45) is 8.07. The smallest absolute Gasteiger partial charge is 0.251 e. The molecular formula is C19H23N3O. The molecule has 4 heteroatoms. The van der Waals surface area contributed by atoms with Gasteiger partial charge in [-0.1, -0.05) is 6.07 Å². The highest BCUT2D eigenvalue weighted by atomic mass is 16.1. The van der Waals surface area contributed by atoms with Gasteiger partial charge in [-0.2, -0.15) is 0 Å². The highest BCUT2D eigenvalue weighted by molar-refractivity contribution is 5.97. The van der Waals surface area contributed by atoms with Crippen molar-refractivity contribution in [2.24, 2.45) is 0 Å². The fourth-order valence-corrected chi connectivity index (χ4v) is 4.36. The Morgan fingerprint density at radius 3 is 2.87 bits per heavy atom. The van der Waals surface area contributed by atoms with Gasteiger partial charge in [0.05, 0.1) is 5.52 Å². The maximum Gasteiger partial charge on any atom is 0.251 e. The van der Waals surface area contributed by atoms with Gasteiger partial charge in [-0.15, -0.1) is 0 Å². The van der Waals surface area contributed by atoms with E-state index in [9.17, 15) is 4.79 Å². The minimum Gasteiger partial charge on any atom is -0.352 e. The molecule has 0 aliphatic carbocycles. The molecule has 0 saturated carbocycles. The lowest BCUT2D eigenvalue weighted by Crippen LogP contribution is -2.41. The van der Waals surface area contributed by atoms with Crippen LogP contribution in [0.5, 0.6) is 0 Å². The Morgan fingerprint density at radius 1 is 1.22 bits per heavy atom. The van der Waals surface area contributed by atoms with Crippen LogP contribution in [0.15, 0.2) is 36.5 Å². The summed E-state index contributed by atoms with van der Waals surface area (Å²) in [6, 6.07) is 9.59. The van der Waals surface area contributed by atoms with Crippen molar-refractivity contribution in [2.45, 2.75) is 37.6 Å². The maximum absolute atomic E-state index is 12.4. The van der Waals surface area contributed by atoms with E-state index in [1.807, 2.05) is 30.3 Å². The van der Waals surface area contributed by atoms with Crippen molar-refractivity contribution in [1.82, 2.24) is 15.2 Å². The van der Waals surface area contributed by atoms with Crippen LogP contribution >= 0.6 is 0 Å². The van der Waals surface area contributed by atoms with Crippen LogP contribution in [0.3, 0.4) is 0 Å². The van der Waals surface area contributed by atoms with E-state index in [1.165, 1.54) is 38.8 Å². The summed E-state index contributed by atoms with van der Waals surface area (Å²) in [5, 5.41) is 4.12. The molecule has 4 nitrogen and oxygen atoms in total. The predicted molar refractivity (Wildman–Crippen MR) is 91.5 cm³/mol. The minimum absolute atomic E-state index is 0.0229. The van der Waals surface area contributed by atoms with Crippen LogP contribution in [-0.4, -0.2) is 41.0 Å². The average molecular weight is 309 g/mol. The quantitative estimate of drug-likeness (QED) is 0.944. The van der Waals surface area contributed by atoms with E-state index in [1.54, 1.807) is 6.20 Å². The molecule has 2 aliphatic heterocycles. The number of nitrogens with zero attached hydrogens (tertiary/aromatic N) is 2. The number of hydrogen-bond donors (Lipinski definition) is 1. The van der Waals surface area contributed by atoms with Gasteiger partial charge in [0.1, 0.15) is 0 Å². The molecule has 2 aliphatic rings. The van der Waals surface area contributed by atoms with Gasteiger partial charge in [-0.25, -0.2) is 0 Å². The summed E-state index contributed by atoms with van der Waals surface area (Å²) in [7, 11) is 0. The molecule has 1 aromatic carbocycles. The normalized spacial score (nSPS) is 19.8. The Labute approximate surface area is 136 Å². The Morgan fingerprint density at radius 2 is 2.04 bits per heavy atom. The Kier molecular flexibility index (Phi) is 3.77. The van der Waals surface area contributed by atoms with Gasteiger partial charge < -0.3 is 5.32 Å². The molecule has 2 aromatic rings. The fourth-order valence-electron chi connectivity index (χ4n) is 4.36. The Hall–Kier alpha value is -1.94. The minimum atomic E-state index is 0.0229. The summed E-state index contributed by atoms with van der Waals surface area (Å²) >= 11 is 0. The van der Waals surface area contributed by atoms with Crippen molar-refractivity contribution >= 4 is 16.8 Å². The van der Waals surface area contributed by atoms with Gasteiger partial charge in [0, 0.05) is 29.2 Å². The maximum atomic E-state index is 12.4. The van der Waals surface area contributed by atoms with E-state index >= 15 is 0 Å². The standard InChI is InChI=1S/C19H23N3O/c23-18(16-5-6-17-15(14-16)4-1-10-20-17)21-11-9-19-7-2-12-22(19)13-3-8-19/h1,4-6,10,14H,2-3,7-9,11-13H2,(H,21,23). The molecule has 1 N–H and O–H groups in total. The Bertz CT molecular complexity index is 717. The molecule has 0 spiro atoms. The molecule has 2 saturated heterocycles. The lowest BCUT2D eigenvalue weighted by atomic mass is 9.90. The second kappa shape index (κ2) is 5.93. The summed E-state index contributed by atoms with van der Waals surface area (Å²) in [4.78, 5) is 19.3. The average Bonchev–Trinajstić information content (AvgIpc) is 3.14. The third kappa shape index (κ3) is 2.72. The topological polar surface area (TPSA) is 45.2 Å². The molecule has 23 heavy (non-hydrogen) atoms. The molecule has 3 heterocycles. The first kappa shape index (κ1) is 14.6. The number of rotatable bonds is 4. The van der Waals surface area contributed by atoms with E-state index in [4.69, 9.17) is 0 Å². The van der Waals surface area contributed by atoms with E-state index in [2.05, 4.69) is 15.2 Å². The molecule has 0 unspecified atom stereocenters. The predicted octanol–water partition coefficient (Wildman–Crippen LogP) is 2.98. The van der Waals surface area contributed by atoms with E-state index < -0.39 is 0 Å². The summed E-state index contributed by atoms with van der Waals surface area (Å²) < 4.78 is 0. The van der Waals surface area contributed by atoms with Crippen LogP contribution in [-0.2, 0) is 0 Å². The number of fused-ring (bicyclic) bond motifs is 2. The molecule has 1 aromatic heterocycles. The zero-order chi connectivity index (χ0) is 15.7. The van der Waals surface area contributed by atoms with Gasteiger partial charge in [0.2, 0.25) is 0 Å². The van der Waals surface area contributed by atoms with Crippen LogP contribution in [0, 0.1) is 0 Å². The van der Waals surface area contributed by atoms with Gasteiger partial charge in [-0.3, -0.25) is 14.7 Å². The molecular weight excluding hydrogens is 286 g/mol. The van der Waals surface area contributed by atoms with Crippen molar-refractivity contribution in [3.05, 3.63) is 42.1 Å². The van der Waals surface area contributed by atoms with E-state index in [-0.39, 0.29) is 5.91 Å². The van der Waals surface area contributed by atoms with E-state index in [0.29, 0.717) is 5.54 Å². The number of carbonyl (C=O) groups excluding carboxylic acids is 1. The third-order valence-electron chi connectivity index (χ3n) is 5.55. The molecule has 120 valence electrons. The second-order valence-electron chi connectivity index (χ2n) is 6.84. The molecule has 1 amide bonds. The van der Waals surface area contributed by atoms with Crippen molar-refractivity contribution in [1.29, 1.82) is 0 Å². The molecule has 0 radical (unpaired) electrons. The number of nitrogens with one attached hydrogen (secondary N) is 1. The molecule has 0 bridgehead atoms. The Balaban J connectivity index is 1.39. The second-order valence-corrected chi connectivity index (χ2v) is 6.84. The number of aromatic nitrogens is 1. The third-order valence-corrected chi connectivity index (χ3v) is 5.55. The molecule has 0 atom stereocenters. The highest BCUT2D eigenvalue weighted by Gasteiger charge is 2.43. The van der Waals surface area contributed by atoms with Crippen LogP contribution in [0.25, 0.3) is 10.9 Å². The van der Waals surface area contributed by atoms with Gasteiger partial charge in [-0.05, 0) is 69.5 Å². The van der Waals surface area contributed by atoms with Gasteiger partial charge in [0.15, 0.2) is 0 Å². The fraction of sp³-hybridized carbons (Fsp3) is 0.474. The largest absolute Gasteiger partial charge is 0.352 e. The van der Waals surface area contributed by atoms with E-state index in [0.717, 1.165) is 29.4 Å².